The van der Waals surface area contributed by atoms with Gasteiger partial charge in [0, 0.05) is 31.9 Å². The van der Waals surface area contributed by atoms with E-state index in [1.165, 1.54) is 4.70 Å². The molecule has 0 saturated carbocycles. The van der Waals surface area contributed by atoms with E-state index in [1.807, 2.05) is 18.3 Å². The summed E-state index contributed by atoms with van der Waals surface area (Å²) in [7, 11) is 0. The molecule has 3 heterocycles. The molecule has 2 aromatic heterocycles. The predicted octanol–water partition coefficient (Wildman–Crippen LogP) is 3.77. The molecule has 0 atom stereocenters. The van der Waals surface area contributed by atoms with Gasteiger partial charge < -0.3 is 5.32 Å². The maximum absolute atomic E-state index is 4.68. The number of piperidine rings is 1. The number of benzene rings is 1. The summed E-state index contributed by atoms with van der Waals surface area (Å²) in [5.41, 5.74) is 2.25. The zero-order valence-corrected chi connectivity index (χ0v) is 13.8. The Labute approximate surface area is 140 Å². The lowest BCUT2D eigenvalue weighted by Crippen LogP contribution is -2.38. The van der Waals surface area contributed by atoms with Crippen LogP contribution in [0.1, 0.15) is 18.5 Å². The Morgan fingerprint density at radius 2 is 1.91 bits per heavy atom. The quantitative estimate of drug-likeness (QED) is 0.793. The van der Waals surface area contributed by atoms with Gasteiger partial charge in [-0.15, -0.1) is 0 Å². The molecule has 4 rings (SSSR count). The van der Waals surface area contributed by atoms with Crippen LogP contribution in [0, 0.1) is 0 Å². The monoisotopic (exact) mass is 324 g/mol. The first-order chi connectivity index (χ1) is 11.4. The first-order valence-electron chi connectivity index (χ1n) is 8.11. The number of likely N-dealkylation sites (tertiary alicyclic amines) is 1. The standard InChI is InChI=1S/C18H20N4S/c1-2-7-17-16(6-1)21-18(23-17)20-14-8-11-22(12-9-14)13-15-5-3-4-10-19-15/h1-7,10,14H,8-9,11-13H2,(H,20,21). The SMILES string of the molecule is c1ccc(CN2CCC(Nc3nc4ccccc4s3)CC2)nc1. The largest absolute Gasteiger partial charge is 0.359 e. The summed E-state index contributed by atoms with van der Waals surface area (Å²) in [6, 6.07) is 15.0. The number of pyridine rings is 1. The topological polar surface area (TPSA) is 41.0 Å². The van der Waals surface area contributed by atoms with Gasteiger partial charge in [-0.2, -0.15) is 0 Å². The minimum absolute atomic E-state index is 0.524. The first kappa shape index (κ1) is 14.6. The lowest BCUT2D eigenvalue weighted by Gasteiger charge is -2.32. The van der Waals surface area contributed by atoms with Gasteiger partial charge in [-0.05, 0) is 37.1 Å². The predicted molar refractivity (Wildman–Crippen MR) is 95.8 cm³/mol. The second-order valence-electron chi connectivity index (χ2n) is 6.00. The van der Waals surface area contributed by atoms with E-state index < -0.39 is 0 Å². The lowest BCUT2D eigenvalue weighted by molar-refractivity contribution is 0.209. The molecule has 1 fully saturated rings. The van der Waals surface area contributed by atoms with E-state index in [9.17, 15) is 0 Å². The number of rotatable bonds is 4. The average molecular weight is 324 g/mol. The highest BCUT2D eigenvalue weighted by Crippen LogP contribution is 2.27. The molecule has 0 unspecified atom stereocenters. The van der Waals surface area contributed by atoms with Crippen LogP contribution < -0.4 is 5.32 Å². The number of fused-ring (bicyclic) bond motifs is 1. The van der Waals surface area contributed by atoms with Gasteiger partial charge >= 0.3 is 0 Å². The van der Waals surface area contributed by atoms with E-state index in [4.69, 9.17) is 0 Å². The molecule has 0 aliphatic carbocycles. The molecule has 1 saturated heterocycles. The number of nitrogens with zero attached hydrogens (tertiary/aromatic N) is 3. The molecule has 1 aliphatic rings. The van der Waals surface area contributed by atoms with Crippen LogP contribution in [0.5, 0.6) is 0 Å². The number of para-hydroxylation sites is 1. The van der Waals surface area contributed by atoms with Crippen molar-refractivity contribution in [3.63, 3.8) is 0 Å². The summed E-state index contributed by atoms with van der Waals surface area (Å²) in [4.78, 5) is 11.6. The Bertz CT molecular complexity index is 730. The third-order valence-corrected chi connectivity index (χ3v) is 5.29. The number of thiazole rings is 1. The zero-order valence-electron chi connectivity index (χ0n) is 13.0. The van der Waals surface area contributed by atoms with Crippen molar-refractivity contribution in [2.24, 2.45) is 0 Å². The average Bonchev–Trinajstić information content (AvgIpc) is 3.00. The van der Waals surface area contributed by atoms with Gasteiger partial charge in [0.05, 0.1) is 15.9 Å². The Balaban J connectivity index is 1.32. The van der Waals surface area contributed by atoms with E-state index in [0.29, 0.717) is 6.04 Å². The maximum Gasteiger partial charge on any atom is 0.184 e. The highest BCUT2D eigenvalue weighted by molar-refractivity contribution is 7.22. The van der Waals surface area contributed by atoms with Crippen LogP contribution in [0.2, 0.25) is 0 Å². The van der Waals surface area contributed by atoms with Gasteiger partial charge in [0.1, 0.15) is 0 Å². The van der Waals surface area contributed by atoms with Crippen molar-refractivity contribution in [2.45, 2.75) is 25.4 Å². The minimum Gasteiger partial charge on any atom is -0.359 e. The van der Waals surface area contributed by atoms with Crippen LogP contribution in [0.15, 0.2) is 48.7 Å². The van der Waals surface area contributed by atoms with Gasteiger partial charge in [0.25, 0.3) is 0 Å². The fourth-order valence-electron chi connectivity index (χ4n) is 3.06. The molecule has 0 spiro atoms. The zero-order chi connectivity index (χ0) is 15.5. The summed E-state index contributed by atoms with van der Waals surface area (Å²) < 4.78 is 1.25. The summed E-state index contributed by atoms with van der Waals surface area (Å²) in [6.07, 6.45) is 4.18. The minimum atomic E-state index is 0.524. The van der Waals surface area contributed by atoms with Gasteiger partial charge in [0.2, 0.25) is 0 Å². The van der Waals surface area contributed by atoms with E-state index in [0.717, 1.165) is 48.8 Å². The van der Waals surface area contributed by atoms with Crippen LogP contribution >= 0.6 is 11.3 Å². The number of hydrogen-bond donors (Lipinski definition) is 1. The molecular weight excluding hydrogens is 304 g/mol. The summed E-state index contributed by atoms with van der Waals surface area (Å²) >= 11 is 1.75. The molecule has 118 valence electrons. The Kier molecular flexibility index (Phi) is 4.22. The third kappa shape index (κ3) is 3.51. The third-order valence-electron chi connectivity index (χ3n) is 4.32. The molecular formula is C18H20N4S. The molecule has 5 heteroatoms. The van der Waals surface area contributed by atoms with Crippen molar-refractivity contribution >= 4 is 26.7 Å². The normalized spacial score (nSPS) is 16.7. The fourth-order valence-corrected chi connectivity index (χ4v) is 4.01. The molecule has 0 amide bonds. The molecule has 4 nitrogen and oxygen atoms in total. The Hall–Kier alpha value is -1.98. The van der Waals surface area contributed by atoms with Gasteiger partial charge in [-0.3, -0.25) is 9.88 Å². The second-order valence-corrected chi connectivity index (χ2v) is 7.03. The van der Waals surface area contributed by atoms with Crippen LogP contribution in [-0.2, 0) is 6.54 Å². The van der Waals surface area contributed by atoms with Crippen molar-refractivity contribution in [1.82, 2.24) is 14.9 Å². The molecule has 1 N–H and O–H groups in total. The van der Waals surface area contributed by atoms with Gasteiger partial charge in [-0.1, -0.05) is 29.5 Å². The molecule has 3 aromatic rings. The van der Waals surface area contributed by atoms with E-state index >= 15 is 0 Å². The molecule has 1 aromatic carbocycles. The smallest absolute Gasteiger partial charge is 0.184 e. The van der Waals surface area contributed by atoms with Crippen molar-refractivity contribution in [3.05, 3.63) is 54.4 Å². The Morgan fingerprint density at radius 1 is 1.09 bits per heavy atom. The highest BCUT2D eigenvalue weighted by atomic mass is 32.1. The van der Waals surface area contributed by atoms with Gasteiger partial charge in [0.15, 0.2) is 5.13 Å². The number of aromatic nitrogens is 2. The van der Waals surface area contributed by atoms with Crippen molar-refractivity contribution < 1.29 is 0 Å². The molecule has 1 aliphatic heterocycles. The van der Waals surface area contributed by atoms with E-state index in [2.05, 4.69) is 50.5 Å². The van der Waals surface area contributed by atoms with Crippen molar-refractivity contribution in [1.29, 1.82) is 0 Å². The van der Waals surface area contributed by atoms with E-state index in [1.54, 1.807) is 11.3 Å². The van der Waals surface area contributed by atoms with Crippen molar-refractivity contribution in [3.8, 4) is 0 Å². The summed E-state index contributed by atoms with van der Waals surface area (Å²) in [5, 5.41) is 4.67. The van der Waals surface area contributed by atoms with Crippen LogP contribution in [0.25, 0.3) is 10.2 Å². The number of anilines is 1. The molecule has 0 radical (unpaired) electrons. The summed E-state index contributed by atoms with van der Waals surface area (Å²) in [6.45, 7) is 3.17. The van der Waals surface area contributed by atoms with Crippen molar-refractivity contribution in [2.75, 3.05) is 18.4 Å². The first-order valence-corrected chi connectivity index (χ1v) is 8.93. The van der Waals surface area contributed by atoms with E-state index in [-0.39, 0.29) is 0 Å². The molecule has 0 bridgehead atoms. The highest BCUT2D eigenvalue weighted by Gasteiger charge is 2.20. The molecule has 23 heavy (non-hydrogen) atoms. The summed E-state index contributed by atoms with van der Waals surface area (Å²) in [5.74, 6) is 0. The van der Waals surface area contributed by atoms with Crippen LogP contribution in [0.3, 0.4) is 0 Å². The fraction of sp³-hybridized carbons (Fsp3) is 0.333. The maximum atomic E-state index is 4.68. The number of nitrogens with one attached hydrogen (secondary N) is 1. The number of hydrogen-bond acceptors (Lipinski definition) is 5. The van der Waals surface area contributed by atoms with Gasteiger partial charge in [-0.25, -0.2) is 4.98 Å². The van der Waals surface area contributed by atoms with Crippen LogP contribution in [-0.4, -0.2) is 34.0 Å². The van der Waals surface area contributed by atoms with Crippen LogP contribution in [0.4, 0.5) is 5.13 Å². The Morgan fingerprint density at radius 3 is 2.70 bits per heavy atom. The lowest BCUT2D eigenvalue weighted by atomic mass is 10.1. The second kappa shape index (κ2) is 6.64.